The average molecular weight is 353 g/mol. The molecule has 0 bridgehead atoms. The summed E-state index contributed by atoms with van der Waals surface area (Å²) < 4.78 is 21.0. The van der Waals surface area contributed by atoms with Gasteiger partial charge in [0.05, 0.1) is 24.7 Å². The van der Waals surface area contributed by atoms with Crippen LogP contribution in [-0.2, 0) is 13.1 Å². The van der Waals surface area contributed by atoms with Gasteiger partial charge in [-0.3, -0.25) is 4.90 Å². The first-order valence-electron chi connectivity index (χ1n) is 9.22. The van der Waals surface area contributed by atoms with E-state index in [1.165, 1.54) is 24.1 Å². The number of methoxy groups -OCH3 is 1. The van der Waals surface area contributed by atoms with Gasteiger partial charge in [-0.15, -0.1) is 0 Å². The third kappa shape index (κ3) is 3.07. The predicted molar refractivity (Wildman–Crippen MR) is 101 cm³/mol. The zero-order valence-corrected chi connectivity index (χ0v) is 15.3. The van der Waals surface area contributed by atoms with Crippen LogP contribution >= 0.6 is 0 Å². The van der Waals surface area contributed by atoms with E-state index in [0.29, 0.717) is 6.04 Å². The second-order valence-electron chi connectivity index (χ2n) is 6.81. The SMILES string of the molecule is CCn1c(CN2CCC[C@H]2c2ccc(OC)cc2)nc2cc(F)ccc21. The Morgan fingerprint density at radius 1 is 1.19 bits per heavy atom. The Bertz CT molecular complexity index is 904. The van der Waals surface area contributed by atoms with Gasteiger partial charge >= 0.3 is 0 Å². The Hall–Kier alpha value is -2.40. The van der Waals surface area contributed by atoms with E-state index in [1.54, 1.807) is 7.11 Å². The van der Waals surface area contributed by atoms with Crippen molar-refractivity contribution in [2.75, 3.05) is 13.7 Å². The molecule has 2 heterocycles. The summed E-state index contributed by atoms with van der Waals surface area (Å²) in [6.07, 6.45) is 2.32. The van der Waals surface area contributed by atoms with Crippen LogP contribution in [0.15, 0.2) is 42.5 Å². The lowest BCUT2D eigenvalue weighted by molar-refractivity contribution is 0.239. The van der Waals surface area contributed by atoms with Crippen LogP contribution < -0.4 is 4.74 Å². The van der Waals surface area contributed by atoms with E-state index >= 15 is 0 Å². The molecule has 2 aromatic carbocycles. The van der Waals surface area contributed by atoms with Gasteiger partial charge in [-0.2, -0.15) is 0 Å². The molecule has 4 rings (SSSR count). The van der Waals surface area contributed by atoms with Gasteiger partial charge in [0.1, 0.15) is 17.4 Å². The fourth-order valence-corrected chi connectivity index (χ4v) is 4.03. The van der Waals surface area contributed by atoms with Gasteiger partial charge in [0.2, 0.25) is 0 Å². The number of aryl methyl sites for hydroxylation is 1. The summed E-state index contributed by atoms with van der Waals surface area (Å²) in [7, 11) is 1.69. The molecule has 3 aromatic rings. The lowest BCUT2D eigenvalue weighted by atomic mass is 10.0. The highest BCUT2D eigenvalue weighted by Gasteiger charge is 2.27. The normalized spacial score (nSPS) is 17.9. The Balaban J connectivity index is 1.62. The van der Waals surface area contributed by atoms with Gasteiger partial charge in [-0.25, -0.2) is 9.37 Å². The fourth-order valence-electron chi connectivity index (χ4n) is 4.03. The van der Waals surface area contributed by atoms with E-state index in [2.05, 4.69) is 28.5 Å². The van der Waals surface area contributed by atoms with E-state index in [4.69, 9.17) is 9.72 Å². The van der Waals surface area contributed by atoms with Crippen molar-refractivity contribution in [2.24, 2.45) is 0 Å². The van der Waals surface area contributed by atoms with Crippen LogP contribution in [0.5, 0.6) is 5.75 Å². The Kier molecular flexibility index (Phi) is 4.64. The van der Waals surface area contributed by atoms with Crippen LogP contribution in [0.1, 0.15) is 37.2 Å². The zero-order chi connectivity index (χ0) is 18.1. The molecule has 0 amide bonds. The van der Waals surface area contributed by atoms with E-state index in [-0.39, 0.29) is 5.82 Å². The summed E-state index contributed by atoms with van der Waals surface area (Å²) in [5.41, 5.74) is 3.06. The minimum Gasteiger partial charge on any atom is -0.497 e. The van der Waals surface area contributed by atoms with Gasteiger partial charge in [-0.05, 0) is 56.1 Å². The standard InChI is InChI=1S/C21H24FN3O/c1-3-25-20-11-8-16(22)13-18(20)23-21(25)14-24-12-4-5-19(24)15-6-9-17(26-2)10-7-15/h6-11,13,19H,3-5,12,14H2,1-2H3/t19-/m0/s1. The van der Waals surface area contributed by atoms with Gasteiger partial charge in [0, 0.05) is 18.7 Å². The van der Waals surface area contributed by atoms with Crippen molar-refractivity contribution in [3.63, 3.8) is 0 Å². The van der Waals surface area contributed by atoms with Gasteiger partial charge in [0.15, 0.2) is 0 Å². The molecule has 0 saturated carbocycles. The van der Waals surface area contributed by atoms with Gasteiger partial charge in [-0.1, -0.05) is 12.1 Å². The van der Waals surface area contributed by atoms with E-state index in [0.717, 1.165) is 48.7 Å². The summed E-state index contributed by atoms with van der Waals surface area (Å²) in [6, 6.07) is 13.6. The van der Waals surface area contributed by atoms with Crippen molar-refractivity contribution in [3.8, 4) is 5.75 Å². The lowest BCUT2D eigenvalue weighted by Crippen LogP contribution is -2.24. The molecule has 4 nitrogen and oxygen atoms in total. The van der Waals surface area contributed by atoms with Crippen LogP contribution in [0.4, 0.5) is 4.39 Å². The molecular weight excluding hydrogens is 329 g/mol. The highest BCUT2D eigenvalue weighted by molar-refractivity contribution is 5.76. The molecular formula is C21H24FN3O. The van der Waals surface area contributed by atoms with Crippen molar-refractivity contribution in [3.05, 3.63) is 59.7 Å². The molecule has 0 unspecified atom stereocenters. The smallest absolute Gasteiger partial charge is 0.125 e. The Labute approximate surface area is 153 Å². The van der Waals surface area contributed by atoms with Crippen molar-refractivity contribution in [2.45, 2.75) is 38.9 Å². The van der Waals surface area contributed by atoms with Crippen molar-refractivity contribution < 1.29 is 9.13 Å². The summed E-state index contributed by atoms with van der Waals surface area (Å²) in [6.45, 7) is 4.77. The van der Waals surface area contributed by atoms with E-state index < -0.39 is 0 Å². The number of hydrogen-bond donors (Lipinski definition) is 0. The van der Waals surface area contributed by atoms with Crippen molar-refractivity contribution in [1.82, 2.24) is 14.5 Å². The first-order chi connectivity index (χ1) is 12.7. The predicted octanol–water partition coefficient (Wildman–Crippen LogP) is 4.54. The maximum atomic E-state index is 13.6. The molecule has 1 fully saturated rings. The van der Waals surface area contributed by atoms with Crippen LogP contribution in [0.3, 0.4) is 0 Å². The first-order valence-corrected chi connectivity index (χ1v) is 9.22. The number of imidazole rings is 1. The third-order valence-corrected chi connectivity index (χ3v) is 5.31. The Morgan fingerprint density at radius 2 is 2.00 bits per heavy atom. The highest BCUT2D eigenvalue weighted by atomic mass is 19.1. The topological polar surface area (TPSA) is 30.3 Å². The van der Waals surface area contributed by atoms with Gasteiger partial charge < -0.3 is 9.30 Å². The van der Waals surface area contributed by atoms with Crippen molar-refractivity contribution in [1.29, 1.82) is 0 Å². The average Bonchev–Trinajstić information content (AvgIpc) is 3.25. The van der Waals surface area contributed by atoms with E-state index in [9.17, 15) is 4.39 Å². The monoisotopic (exact) mass is 353 g/mol. The molecule has 1 atom stereocenters. The maximum absolute atomic E-state index is 13.6. The number of ether oxygens (including phenoxy) is 1. The van der Waals surface area contributed by atoms with Crippen LogP contribution in [0, 0.1) is 5.82 Å². The molecule has 0 spiro atoms. The molecule has 136 valence electrons. The number of nitrogens with zero attached hydrogens (tertiary/aromatic N) is 3. The molecule has 0 N–H and O–H groups in total. The molecule has 1 aliphatic heterocycles. The number of benzene rings is 2. The van der Waals surface area contributed by atoms with Crippen LogP contribution in [0.2, 0.25) is 0 Å². The molecule has 5 heteroatoms. The largest absolute Gasteiger partial charge is 0.497 e. The third-order valence-electron chi connectivity index (χ3n) is 5.31. The number of hydrogen-bond acceptors (Lipinski definition) is 3. The molecule has 0 radical (unpaired) electrons. The molecule has 1 aliphatic rings. The molecule has 0 aliphatic carbocycles. The summed E-state index contributed by atoms with van der Waals surface area (Å²) in [5.74, 6) is 1.66. The Morgan fingerprint density at radius 3 is 2.73 bits per heavy atom. The van der Waals surface area contributed by atoms with Crippen LogP contribution in [-0.4, -0.2) is 28.1 Å². The zero-order valence-electron chi connectivity index (χ0n) is 15.3. The summed E-state index contributed by atoms with van der Waals surface area (Å²) in [4.78, 5) is 7.20. The molecule has 1 saturated heterocycles. The number of fused-ring (bicyclic) bond motifs is 1. The molecule has 26 heavy (non-hydrogen) atoms. The number of aromatic nitrogens is 2. The highest BCUT2D eigenvalue weighted by Crippen LogP contribution is 2.34. The fraction of sp³-hybridized carbons (Fsp3) is 0.381. The number of halogens is 1. The van der Waals surface area contributed by atoms with Crippen LogP contribution in [0.25, 0.3) is 11.0 Å². The first kappa shape index (κ1) is 17.0. The quantitative estimate of drug-likeness (QED) is 0.674. The second kappa shape index (κ2) is 7.08. The van der Waals surface area contributed by atoms with Gasteiger partial charge in [0.25, 0.3) is 0 Å². The number of likely N-dealkylation sites (tertiary alicyclic amines) is 1. The van der Waals surface area contributed by atoms with Crippen molar-refractivity contribution >= 4 is 11.0 Å². The maximum Gasteiger partial charge on any atom is 0.125 e. The minimum absolute atomic E-state index is 0.234. The van der Waals surface area contributed by atoms with E-state index in [1.807, 2.05) is 18.2 Å². The lowest BCUT2D eigenvalue weighted by Gasteiger charge is -2.25. The second-order valence-corrected chi connectivity index (χ2v) is 6.81. The summed E-state index contributed by atoms with van der Waals surface area (Å²) >= 11 is 0. The number of rotatable bonds is 5. The molecule has 1 aromatic heterocycles. The summed E-state index contributed by atoms with van der Waals surface area (Å²) in [5, 5.41) is 0. The minimum atomic E-state index is -0.234.